The van der Waals surface area contributed by atoms with Gasteiger partial charge in [-0.2, -0.15) is 0 Å². The summed E-state index contributed by atoms with van der Waals surface area (Å²) in [7, 11) is 0. The molecular weight excluding hydrogens is 348 g/mol. The zero-order valence-electron chi connectivity index (χ0n) is 16.3. The van der Waals surface area contributed by atoms with Crippen molar-refractivity contribution in [2.45, 2.75) is 32.5 Å². The Bertz CT molecular complexity index is 890. The lowest BCUT2D eigenvalue weighted by molar-refractivity contribution is 0.160. The molecule has 0 unspecified atom stereocenters. The maximum absolute atomic E-state index is 6.31. The van der Waals surface area contributed by atoms with Crippen LogP contribution < -0.4 is 14.4 Å². The fourth-order valence-corrected chi connectivity index (χ4v) is 3.48. The van der Waals surface area contributed by atoms with E-state index in [2.05, 4.69) is 35.0 Å². The normalized spacial score (nSPS) is 14.7. The van der Waals surface area contributed by atoms with Crippen molar-refractivity contribution in [3.8, 4) is 11.5 Å². The summed E-state index contributed by atoms with van der Waals surface area (Å²) in [6.45, 7) is 4.55. The van der Waals surface area contributed by atoms with Crippen molar-refractivity contribution in [1.82, 2.24) is 4.98 Å². The number of benzene rings is 2. The van der Waals surface area contributed by atoms with Crippen molar-refractivity contribution >= 4 is 5.82 Å². The predicted octanol–water partition coefficient (Wildman–Crippen LogP) is 5.02. The predicted molar refractivity (Wildman–Crippen MR) is 112 cm³/mol. The summed E-state index contributed by atoms with van der Waals surface area (Å²) in [5.41, 5.74) is 2.39. The van der Waals surface area contributed by atoms with Gasteiger partial charge in [0.2, 0.25) is 0 Å². The summed E-state index contributed by atoms with van der Waals surface area (Å²) in [4.78, 5) is 6.84. The molecule has 1 saturated heterocycles. The first-order valence-electron chi connectivity index (χ1n) is 9.88. The number of piperidine rings is 1. The van der Waals surface area contributed by atoms with Crippen molar-refractivity contribution in [1.29, 1.82) is 0 Å². The van der Waals surface area contributed by atoms with Gasteiger partial charge in [0, 0.05) is 32.1 Å². The van der Waals surface area contributed by atoms with E-state index in [0.717, 1.165) is 48.8 Å². The van der Waals surface area contributed by atoms with Gasteiger partial charge in [-0.05, 0) is 42.3 Å². The molecule has 0 radical (unpaired) electrons. The van der Waals surface area contributed by atoms with Crippen molar-refractivity contribution in [2.75, 3.05) is 18.0 Å². The molecule has 144 valence electrons. The number of rotatable bonds is 6. The van der Waals surface area contributed by atoms with Gasteiger partial charge < -0.3 is 14.4 Å². The van der Waals surface area contributed by atoms with Gasteiger partial charge in [-0.25, -0.2) is 4.98 Å². The fourth-order valence-electron chi connectivity index (χ4n) is 3.48. The molecular formula is C24H26N2O2. The zero-order chi connectivity index (χ0) is 19.2. The van der Waals surface area contributed by atoms with Crippen LogP contribution >= 0.6 is 0 Å². The summed E-state index contributed by atoms with van der Waals surface area (Å²) >= 11 is 0. The Hall–Kier alpha value is -3.01. The van der Waals surface area contributed by atoms with Crippen LogP contribution in [-0.4, -0.2) is 24.2 Å². The van der Waals surface area contributed by atoms with Crippen LogP contribution in [0.4, 0.5) is 5.82 Å². The van der Waals surface area contributed by atoms with Crippen molar-refractivity contribution in [3.63, 3.8) is 0 Å². The molecule has 0 amide bonds. The van der Waals surface area contributed by atoms with Gasteiger partial charge >= 0.3 is 0 Å². The van der Waals surface area contributed by atoms with Gasteiger partial charge in [-0.1, -0.05) is 42.5 Å². The van der Waals surface area contributed by atoms with Crippen LogP contribution in [-0.2, 0) is 6.61 Å². The Morgan fingerprint density at radius 1 is 0.929 bits per heavy atom. The fraction of sp³-hybridized carbons (Fsp3) is 0.292. The van der Waals surface area contributed by atoms with Gasteiger partial charge in [-0.3, -0.25) is 0 Å². The van der Waals surface area contributed by atoms with E-state index in [-0.39, 0.29) is 6.10 Å². The second-order valence-electron chi connectivity index (χ2n) is 7.22. The molecule has 4 heteroatoms. The summed E-state index contributed by atoms with van der Waals surface area (Å²) in [6, 6.07) is 22.3. The minimum Gasteiger partial charge on any atom is -0.486 e. The third-order valence-corrected chi connectivity index (χ3v) is 5.05. The van der Waals surface area contributed by atoms with Crippen LogP contribution in [0.25, 0.3) is 0 Å². The summed E-state index contributed by atoms with van der Waals surface area (Å²) in [5.74, 6) is 2.68. The quantitative estimate of drug-likeness (QED) is 0.607. The number of ether oxygens (including phenoxy) is 2. The Morgan fingerprint density at radius 3 is 2.39 bits per heavy atom. The Balaban J connectivity index is 1.35. The lowest BCUT2D eigenvalue weighted by atomic mass is 10.1. The van der Waals surface area contributed by atoms with Crippen LogP contribution in [0.1, 0.15) is 24.0 Å². The number of anilines is 1. The molecule has 0 atom stereocenters. The molecule has 1 aromatic heterocycles. The average molecular weight is 374 g/mol. The van der Waals surface area contributed by atoms with E-state index >= 15 is 0 Å². The van der Waals surface area contributed by atoms with E-state index in [1.54, 1.807) is 0 Å². The van der Waals surface area contributed by atoms with Gasteiger partial charge in [0.15, 0.2) is 11.5 Å². The summed E-state index contributed by atoms with van der Waals surface area (Å²) in [5, 5.41) is 0. The molecule has 4 rings (SSSR count). The van der Waals surface area contributed by atoms with Gasteiger partial charge in [-0.15, -0.1) is 0 Å². The third-order valence-electron chi connectivity index (χ3n) is 5.05. The number of hydrogen-bond donors (Lipinski definition) is 0. The molecule has 0 spiro atoms. The van der Waals surface area contributed by atoms with E-state index in [0.29, 0.717) is 6.61 Å². The standard InChI is InChI=1S/C24H26N2O2/c1-19-11-14-25-24(17-19)26-15-12-21(13-16-26)28-23-10-6-5-9-22(23)27-18-20-7-3-2-4-8-20/h2-11,14,17,21H,12-13,15-16,18H2,1H3. The molecule has 0 bridgehead atoms. The van der Waals surface area contributed by atoms with E-state index in [1.165, 1.54) is 5.56 Å². The smallest absolute Gasteiger partial charge is 0.161 e. The van der Waals surface area contributed by atoms with Crippen molar-refractivity contribution in [3.05, 3.63) is 84.1 Å². The third kappa shape index (κ3) is 4.63. The Morgan fingerprint density at radius 2 is 1.64 bits per heavy atom. The highest BCUT2D eigenvalue weighted by Gasteiger charge is 2.22. The highest BCUT2D eigenvalue weighted by Crippen LogP contribution is 2.30. The number of hydrogen-bond acceptors (Lipinski definition) is 4. The minimum absolute atomic E-state index is 0.197. The number of para-hydroxylation sites is 2. The number of aromatic nitrogens is 1. The topological polar surface area (TPSA) is 34.6 Å². The second kappa shape index (κ2) is 8.79. The van der Waals surface area contributed by atoms with Crippen LogP contribution in [0.2, 0.25) is 0 Å². The summed E-state index contributed by atoms with van der Waals surface area (Å²) < 4.78 is 12.3. The Kier molecular flexibility index (Phi) is 5.76. The highest BCUT2D eigenvalue weighted by atomic mass is 16.5. The highest BCUT2D eigenvalue weighted by molar-refractivity contribution is 5.42. The molecule has 1 aliphatic heterocycles. The SMILES string of the molecule is Cc1ccnc(N2CCC(Oc3ccccc3OCc3ccccc3)CC2)c1. The maximum atomic E-state index is 6.31. The van der Waals surface area contributed by atoms with E-state index in [4.69, 9.17) is 9.47 Å². The van der Waals surface area contributed by atoms with E-state index < -0.39 is 0 Å². The molecule has 1 fully saturated rings. The maximum Gasteiger partial charge on any atom is 0.161 e. The lowest BCUT2D eigenvalue weighted by Gasteiger charge is -2.33. The average Bonchev–Trinajstić information content (AvgIpc) is 2.74. The van der Waals surface area contributed by atoms with E-state index in [9.17, 15) is 0 Å². The first-order valence-corrected chi connectivity index (χ1v) is 9.88. The summed E-state index contributed by atoms with van der Waals surface area (Å²) in [6.07, 6.45) is 4.03. The van der Waals surface area contributed by atoms with Crippen molar-refractivity contribution in [2.24, 2.45) is 0 Å². The first-order chi connectivity index (χ1) is 13.8. The molecule has 0 N–H and O–H groups in total. The molecule has 4 nitrogen and oxygen atoms in total. The van der Waals surface area contributed by atoms with Crippen molar-refractivity contribution < 1.29 is 9.47 Å². The van der Waals surface area contributed by atoms with Crippen LogP contribution in [0, 0.1) is 6.92 Å². The molecule has 28 heavy (non-hydrogen) atoms. The largest absolute Gasteiger partial charge is 0.486 e. The Labute approximate surface area is 166 Å². The van der Waals surface area contributed by atoms with Gasteiger partial charge in [0.25, 0.3) is 0 Å². The molecule has 1 aliphatic rings. The van der Waals surface area contributed by atoms with Gasteiger partial charge in [0.05, 0.1) is 0 Å². The lowest BCUT2D eigenvalue weighted by Crippen LogP contribution is -2.38. The molecule has 2 heterocycles. The number of aryl methyl sites for hydroxylation is 1. The monoisotopic (exact) mass is 374 g/mol. The van der Waals surface area contributed by atoms with Crippen LogP contribution in [0.3, 0.4) is 0 Å². The minimum atomic E-state index is 0.197. The van der Waals surface area contributed by atoms with Gasteiger partial charge in [0.1, 0.15) is 18.5 Å². The number of pyridine rings is 1. The second-order valence-corrected chi connectivity index (χ2v) is 7.22. The molecule has 0 aliphatic carbocycles. The molecule has 3 aromatic rings. The van der Waals surface area contributed by atoms with E-state index in [1.807, 2.05) is 54.7 Å². The molecule has 2 aromatic carbocycles. The number of nitrogens with zero attached hydrogens (tertiary/aromatic N) is 2. The molecule has 0 saturated carbocycles. The van der Waals surface area contributed by atoms with Crippen LogP contribution in [0.5, 0.6) is 11.5 Å². The van der Waals surface area contributed by atoms with Crippen LogP contribution in [0.15, 0.2) is 72.9 Å². The first kappa shape index (κ1) is 18.4. The zero-order valence-corrected chi connectivity index (χ0v) is 16.3.